The van der Waals surface area contributed by atoms with Gasteiger partial charge in [-0.2, -0.15) is 5.10 Å². The van der Waals surface area contributed by atoms with Crippen molar-refractivity contribution in [2.75, 3.05) is 50.2 Å². The molecule has 12 nitrogen and oxygen atoms in total. The van der Waals surface area contributed by atoms with E-state index in [4.69, 9.17) is 14.5 Å². The minimum absolute atomic E-state index is 0.103. The van der Waals surface area contributed by atoms with E-state index in [1.54, 1.807) is 36.5 Å². The van der Waals surface area contributed by atoms with Crippen molar-refractivity contribution >= 4 is 46.4 Å². The summed E-state index contributed by atoms with van der Waals surface area (Å²) in [7, 11) is 3.43. The highest BCUT2D eigenvalue weighted by atomic mass is 16.5. The van der Waals surface area contributed by atoms with Crippen LogP contribution in [-0.4, -0.2) is 83.7 Å². The summed E-state index contributed by atoms with van der Waals surface area (Å²) in [6, 6.07) is 3.90. The second-order valence-electron chi connectivity index (χ2n) is 9.08. The average Bonchev–Trinajstić information content (AvgIpc) is 3.51. The Morgan fingerprint density at radius 1 is 1.26 bits per heavy atom. The number of imidazole rings is 1. The predicted octanol–water partition coefficient (Wildman–Crippen LogP) is 2.74. The van der Waals surface area contributed by atoms with E-state index < -0.39 is 0 Å². The number of fused-ring (bicyclic) bond motifs is 2. The number of benzene rings is 1. The van der Waals surface area contributed by atoms with Crippen molar-refractivity contribution < 1.29 is 9.47 Å². The molecule has 0 amide bonds. The van der Waals surface area contributed by atoms with Gasteiger partial charge in [0, 0.05) is 56.5 Å². The lowest BCUT2D eigenvalue weighted by Crippen LogP contribution is -2.36. The predicted molar refractivity (Wildman–Crippen MR) is 151 cm³/mol. The van der Waals surface area contributed by atoms with Crippen LogP contribution in [0.4, 0.5) is 11.4 Å². The van der Waals surface area contributed by atoms with Crippen LogP contribution >= 0.6 is 0 Å². The molecule has 3 aromatic heterocycles. The summed E-state index contributed by atoms with van der Waals surface area (Å²) in [5, 5.41) is 8.06. The molecule has 0 bridgehead atoms. The molecule has 1 fully saturated rings. The topological polar surface area (TPSA) is 138 Å². The maximum atomic E-state index is 13.4. The van der Waals surface area contributed by atoms with Gasteiger partial charge in [-0.15, -0.1) is 0 Å². The van der Waals surface area contributed by atoms with E-state index in [2.05, 4.69) is 42.0 Å². The fourth-order valence-electron chi connectivity index (χ4n) is 4.57. The van der Waals surface area contributed by atoms with Gasteiger partial charge < -0.3 is 29.7 Å². The van der Waals surface area contributed by atoms with Crippen LogP contribution in [0.2, 0.25) is 0 Å². The maximum absolute atomic E-state index is 13.4. The molecule has 5 rings (SSSR count). The Morgan fingerprint density at radius 2 is 2.08 bits per heavy atom. The second kappa shape index (κ2) is 10.9. The number of rotatable bonds is 9. The van der Waals surface area contributed by atoms with Crippen molar-refractivity contribution in [2.45, 2.75) is 13.0 Å². The van der Waals surface area contributed by atoms with Crippen LogP contribution in [0.5, 0.6) is 5.75 Å². The Morgan fingerprint density at radius 3 is 2.84 bits per heavy atom. The van der Waals surface area contributed by atoms with Gasteiger partial charge in [0.05, 0.1) is 43.6 Å². The summed E-state index contributed by atoms with van der Waals surface area (Å²) in [4.78, 5) is 34.8. The Bertz CT molecular complexity index is 1570. The minimum Gasteiger partial charge on any atom is -0.494 e. The van der Waals surface area contributed by atoms with E-state index in [0.29, 0.717) is 59.1 Å². The number of nitrogens with one attached hydrogen (secondary N) is 3. The molecular formula is C26H31N9O3. The number of aromatic amines is 2. The highest BCUT2D eigenvalue weighted by Gasteiger charge is 2.23. The van der Waals surface area contributed by atoms with Crippen molar-refractivity contribution in [1.82, 2.24) is 24.7 Å². The molecule has 1 atom stereocenters. The molecular weight excluding hydrogens is 486 g/mol. The Hall–Kier alpha value is -4.45. The molecule has 3 N–H and O–H groups in total. The molecule has 38 heavy (non-hydrogen) atoms. The summed E-state index contributed by atoms with van der Waals surface area (Å²) in [5.74, 6) is 1.05. The first kappa shape index (κ1) is 25.2. The van der Waals surface area contributed by atoms with E-state index in [1.165, 1.54) is 0 Å². The number of aliphatic imine (C=N–C) groups is 2. The molecule has 1 aliphatic heterocycles. The fourth-order valence-corrected chi connectivity index (χ4v) is 4.57. The standard InChI is InChI=1S/C26H31N9O3/c1-16(14-28-7-5-6-27-2)29-24-21(26(36)31-19-15-34(3)33-23(19)24)25-30-18-12-17(35-8-10-38-11-9-35)13-20(37-4)22(18)32-25/h5-7,12-13,15-16,29H,2,8-11,14H2,1,3-4H3,(H,30,32)(H,31,36)/b6-5-,28-7-/t16-/m0/s1. The van der Waals surface area contributed by atoms with Gasteiger partial charge in [-0.25, -0.2) is 4.98 Å². The molecule has 198 valence electrons. The fraction of sp³-hybridized carbons (Fsp3) is 0.346. The van der Waals surface area contributed by atoms with E-state index in [-0.39, 0.29) is 11.6 Å². The van der Waals surface area contributed by atoms with Crippen molar-refractivity contribution in [2.24, 2.45) is 17.0 Å². The molecule has 4 heterocycles. The minimum atomic E-state index is -0.282. The number of H-pyrrole nitrogens is 2. The third-order valence-corrected chi connectivity index (χ3v) is 6.31. The van der Waals surface area contributed by atoms with Gasteiger partial charge in [0.15, 0.2) is 0 Å². The molecule has 0 radical (unpaired) electrons. The number of morpholine rings is 1. The Balaban J connectivity index is 1.59. The zero-order chi connectivity index (χ0) is 26.6. The van der Waals surface area contributed by atoms with Crippen LogP contribution < -0.4 is 20.5 Å². The third kappa shape index (κ3) is 5.02. The Kier molecular flexibility index (Phi) is 7.22. The zero-order valence-electron chi connectivity index (χ0n) is 21.7. The van der Waals surface area contributed by atoms with Gasteiger partial charge in [-0.1, -0.05) is 0 Å². The quantitative estimate of drug-likeness (QED) is 0.290. The normalized spacial score (nSPS) is 15.2. The van der Waals surface area contributed by atoms with Gasteiger partial charge in [0.1, 0.15) is 28.2 Å². The lowest BCUT2D eigenvalue weighted by Gasteiger charge is -2.29. The number of allylic oxidation sites excluding steroid dienone is 1. The number of aromatic nitrogens is 5. The molecule has 1 aliphatic rings. The summed E-state index contributed by atoms with van der Waals surface area (Å²) in [6.07, 6.45) is 6.72. The van der Waals surface area contributed by atoms with E-state index >= 15 is 0 Å². The van der Waals surface area contributed by atoms with Crippen molar-refractivity contribution in [3.63, 3.8) is 0 Å². The lowest BCUT2D eigenvalue weighted by molar-refractivity contribution is 0.122. The second-order valence-corrected chi connectivity index (χ2v) is 9.08. The zero-order valence-corrected chi connectivity index (χ0v) is 21.7. The first-order valence-corrected chi connectivity index (χ1v) is 12.4. The third-order valence-electron chi connectivity index (χ3n) is 6.31. The number of pyridine rings is 1. The number of anilines is 2. The summed E-state index contributed by atoms with van der Waals surface area (Å²) >= 11 is 0. The van der Waals surface area contributed by atoms with E-state index in [1.807, 2.05) is 26.1 Å². The number of hydrogen-bond donors (Lipinski definition) is 3. The van der Waals surface area contributed by atoms with E-state index in [9.17, 15) is 4.79 Å². The van der Waals surface area contributed by atoms with Crippen LogP contribution in [0, 0.1) is 0 Å². The summed E-state index contributed by atoms with van der Waals surface area (Å²) < 4.78 is 12.9. The molecule has 4 aromatic rings. The van der Waals surface area contributed by atoms with Gasteiger partial charge in [0.2, 0.25) is 0 Å². The van der Waals surface area contributed by atoms with Gasteiger partial charge in [0.25, 0.3) is 5.56 Å². The van der Waals surface area contributed by atoms with Crippen LogP contribution in [0.15, 0.2) is 45.4 Å². The van der Waals surface area contributed by atoms with Gasteiger partial charge >= 0.3 is 0 Å². The van der Waals surface area contributed by atoms with Crippen molar-refractivity contribution in [3.8, 4) is 17.1 Å². The maximum Gasteiger partial charge on any atom is 0.261 e. The molecule has 1 aromatic carbocycles. The SMILES string of the molecule is C=N/C=C\C=N/C[C@H](C)Nc1c(-c2nc3c(OC)cc(N4CCOCC4)cc3[nH]2)c(=O)[nH]c2cn(C)nc12. The van der Waals surface area contributed by atoms with Crippen molar-refractivity contribution in [3.05, 3.63) is 41.0 Å². The Labute approximate surface area is 219 Å². The van der Waals surface area contributed by atoms with Crippen LogP contribution in [0.1, 0.15) is 6.92 Å². The number of aryl methyl sites for hydroxylation is 1. The highest BCUT2D eigenvalue weighted by Crippen LogP contribution is 2.35. The van der Waals surface area contributed by atoms with Gasteiger partial charge in [-0.3, -0.25) is 19.5 Å². The van der Waals surface area contributed by atoms with Gasteiger partial charge in [-0.05, 0) is 25.8 Å². The van der Waals surface area contributed by atoms with Crippen molar-refractivity contribution in [1.29, 1.82) is 0 Å². The van der Waals surface area contributed by atoms with E-state index in [0.717, 1.165) is 24.3 Å². The summed E-state index contributed by atoms with van der Waals surface area (Å²) in [6.45, 7) is 8.80. The number of ether oxygens (including phenoxy) is 2. The number of hydrogen-bond acceptors (Lipinski definition) is 9. The highest BCUT2D eigenvalue weighted by molar-refractivity contribution is 5.97. The molecule has 0 spiro atoms. The largest absolute Gasteiger partial charge is 0.494 e. The molecule has 1 saturated heterocycles. The average molecular weight is 518 g/mol. The monoisotopic (exact) mass is 517 g/mol. The smallest absolute Gasteiger partial charge is 0.261 e. The first-order chi connectivity index (χ1) is 18.5. The molecule has 0 saturated carbocycles. The number of methoxy groups -OCH3 is 1. The molecule has 12 heteroatoms. The first-order valence-electron chi connectivity index (χ1n) is 12.4. The number of nitrogens with zero attached hydrogens (tertiary/aromatic N) is 6. The van der Waals surface area contributed by atoms with Crippen LogP contribution in [0.25, 0.3) is 33.5 Å². The lowest BCUT2D eigenvalue weighted by atomic mass is 10.1. The van der Waals surface area contributed by atoms with Crippen LogP contribution in [-0.2, 0) is 11.8 Å². The molecule has 0 aliphatic carbocycles. The summed E-state index contributed by atoms with van der Waals surface area (Å²) in [5.41, 5.74) is 4.36. The molecule has 0 unspecified atom stereocenters. The van der Waals surface area contributed by atoms with Crippen LogP contribution in [0.3, 0.4) is 0 Å².